The number of anilines is 2. The fourth-order valence-electron chi connectivity index (χ4n) is 3.49. The molecule has 8 nitrogen and oxygen atoms in total. The van der Waals surface area contributed by atoms with Gasteiger partial charge in [-0.3, -0.25) is 9.59 Å². The van der Waals surface area contributed by atoms with Crippen LogP contribution in [0.15, 0.2) is 30.3 Å². The van der Waals surface area contributed by atoms with E-state index in [0.717, 1.165) is 27.4 Å². The number of aromatic hydroxyl groups is 1. The Morgan fingerprint density at radius 3 is 2.61 bits per heavy atom. The first-order valence-corrected chi connectivity index (χ1v) is 10.3. The zero-order chi connectivity index (χ0) is 22.1. The largest absolute Gasteiger partial charge is 0.502 e. The van der Waals surface area contributed by atoms with Crippen LogP contribution in [0, 0.1) is 6.92 Å². The number of hydrogen-bond donors (Lipinski definition) is 3. The van der Waals surface area contributed by atoms with Crippen LogP contribution in [0.4, 0.5) is 10.8 Å². The highest BCUT2D eigenvalue weighted by molar-refractivity contribution is 7.16. The van der Waals surface area contributed by atoms with Crippen LogP contribution in [-0.4, -0.2) is 36.1 Å². The van der Waals surface area contributed by atoms with E-state index in [1.807, 2.05) is 25.1 Å². The number of methoxy groups -OCH3 is 2. The maximum atomic E-state index is 12.6. The van der Waals surface area contributed by atoms with Gasteiger partial charge in [0.25, 0.3) is 0 Å². The third kappa shape index (κ3) is 4.17. The number of aromatic nitrogens is 1. The second-order valence-electron chi connectivity index (χ2n) is 7.09. The van der Waals surface area contributed by atoms with E-state index in [1.165, 1.54) is 25.6 Å². The number of thiazole rings is 1. The predicted molar refractivity (Wildman–Crippen MR) is 118 cm³/mol. The van der Waals surface area contributed by atoms with Crippen molar-refractivity contribution in [3.8, 4) is 28.5 Å². The van der Waals surface area contributed by atoms with E-state index < -0.39 is 0 Å². The number of hydrogen-bond acceptors (Lipinski definition) is 7. The molecule has 3 N–H and O–H groups in total. The van der Waals surface area contributed by atoms with Crippen molar-refractivity contribution >= 4 is 34.0 Å². The van der Waals surface area contributed by atoms with Gasteiger partial charge in [-0.2, -0.15) is 0 Å². The maximum absolute atomic E-state index is 12.6. The van der Waals surface area contributed by atoms with Gasteiger partial charge in [0.15, 0.2) is 16.6 Å². The molecule has 0 radical (unpaired) electrons. The molecule has 0 unspecified atom stereocenters. The number of fused-ring (bicyclic) bond motifs is 1. The fourth-order valence-corrected chi connectivity index (χ4v) is 4.35. The van der Waals surface area contributed by atoms with E-state index in [4.69, 9.17) is 9.47 Å². The summed E-state index contributed by atoms with van der Waals surface area (Å²) in [5.41, 5.74) is 4.08. The SMILES string of the molecule is COc1cc(CC(=O)Nc2nc(-c3ccc4c(c3)CC(=O)N4)c(C)s2)cc(OC)c1O. The van der Waals surface area contributed by atoms with Crippen LogP contribution in [0.5, 0.6) is 17.2 Å². The van der Waals surface area contributed by atoms with Crippen molar-refractivity contribution in [2.75, 3.05) is 24.9 Å². The number of aryl methyl sites for hydroxylation is 1. The molecule has 9 heteroatoms. The van der Waals surface area contributed by atoms with Gasteiger partial charge < -0.3 is 25.2 Å². The lowest BCUT2D eigenvalue weighted by Gasteiger charge is -2.11. The van der Waals surface area contributed by atoms with Crippen molar-refractivity contribution in [1.29, 1.82) is 0 Å². The van der Waals surface area contributed by atoms with Crippen LogP contribution in [0.3, 0.4) is 0 Å². The zero-order valence-corrected chi connectivity index (χ0v) is 18.1. The normalized spacial score (nSPS) is 12.3. The number of phenolic OH excluding ortho intramolecular Hbond substituents is 1. The highest BCUT2D eigenvalue weighted by Crippen LogP contribution is 2.37. The van der Waals surface area contributed by atoms with Gasteiger partial charge in [-0.15, -0.1) is 11.3 Å². The number of ether oxygens (including phenoxy) is 2. The van der Waals surface area contributed by atoms with E-state index >= 15 is 0 Å². The van der Waals surface area contributed by atoms with E-state index in [9.17, 15) is 14.7 Å². The van der Waals surface area contributed by atoms with Gasteiger partial charge in [-0.25, -0.2) is 4.98 Å². The van der Waals surface area contributed by atoms with E-state index in [1.54, 1.807) is 12.1 Å². The first-order chi connectivity index (χ1) is 14.9. The summed E-state index contributed by atoms with van der Waals surface area (Å²) in [6, 6.07) is 8.92. The van der Waals surface area contributed by atoms with Crippen molar-refractivity contribution in [3.05, 3.63) is 46.3 Å². The molecule has 0 saturated carbocycles. The molecule has 1 aliphatic heterocycles. The molecule has 1 aliphatic rings. The Kier molecular flexibility index (Phi) is 5.51. The van der Waals surface area contributed by atoms with Crippen molar-refractivity contribution in [1.82, 2.24) is 4.98 Å². The minimum absolute atomic E-state index is 0.0161. The molecule has 0 saturated heterocycles. The van der Waals surface area contributed by atoms with Gasteiger partial charge in [0.1, 0.15) is 0 Å². The second kappa shape index (κ2) is 8.27. The summed E-state index contributed by atoms with van der Waals surface area (Å²) in [6.07, 6.45) is 0.420. The zero-order valence-electron chi connectivity index (χ0n) is 17.2. The Hall–Kier alpha value is -3.59. The lowest BCUT2D eigenvalue weighted by Crippen LogP contribution is -2.14. The number of carbonyl (C=O) groups excluding carboxylic acids is 2. The smallest absolute Gasteiger partial charge is 0.230 e. The monoisotopic (exact) mass is 439 g/mol. The Balaban J connectivity index is 1.51. The van der Waals surface area contributed by atoms with Crippen molar-refractivity contribution in [2.24, 2.45) is 0 Å². The molecule has 0 spiro atoms. The molecule has 4 rings (SSSR count). The summed E-state index contributed by atoms with van der Waals surface area (Å²) in [7, 11) is 2.87. The van der Waals surface area contributed by atoms with Crippen LogP contribution in [0.2, 0.25) is 0 Å². The standard InChI is InChI=1S/C22H21N3O5S/c1-11-20(13-4-5-15-14(9-13)10-19(27)23-15)25-22(31-11)24-18(26)8-12-6-16(29-2)21(28)17(7-12)30-3/h4-7,9,28H,8,10H2,1-3H3,(H,23,27)(H,24,25,26). The van der Waals surface area contributed by atoms with Crippen LogP contribution in [0.1, 0.15) is 16.0 Å². The van der Waals surface area contributed by atoms with Crippen molar-refractivity contribution in [2.45, 2.75) is 19.8 Å². The molecule has 160 valence electrons. The highest BCUT2D eigenvalue weighted by Gasteiger charge is 2.20. The van der Waals surface area contributed by atoms with Gasteiger partial charge in [0.05, 0.1) is 32.8 Å². The van der Waals surface area contributed by atoms with E-state index in [-0.39, 0.29) is 35.5 Å². The van der Waals surface area contributed by atoms with Gasteiger partial charge >= 0.3 is 0 Å². The topological polar surface area (TPSA) is 110 Å². The number of rotatable bonds is 6. The first-order valence-electron chi connectivity index (χ1n) is 9.52. The van der Waals surface area contributed by atoms with Gasteiger partial charge in [0, 0.05) is 16.1 Å². The summed E-state index contributed by atoms with van der Waals surface area (Å²) in [5, 5.41) is 16.2. The number of benzene rings is 2. The number of phenols is 1. The first kappa shape index (κ1) is 20.7. The minimum Gasteiger partial charge on any atom is -0.502 e. The molecular formula is C22H21N3O5S. The quantitative estimate of drug-likeness (QED) is 0.542. The van der Waals surface area contributed by atoms with Crippen LogP contribution >= 0.6 is 11.3 Å². The van der Waals surface area contributed by atoms with Gasteiger partial charge in [-0.05, 0) is 42.3 Å². The van der Waals surface area contributed by atoms with E-state index in [2.05, 4.69) is 15.6 Å². The molecule has 3 aromatic rings. The minimum atomic E-state index is -0.251. The molecule has 1 aromatic heterocycles. The molecule has 2 aromatic carbocycles. The molecule has 0 atom stereocenters. The van der Waals surface area contributed by atoms with Crippen molar-refractivity contribution < 1.29 is 24.2 Å². The lowest BCUT2D eigenvalue weighted by molar-refractivity contribution is -0.116. The summed E-state index contributed by atoms with van der Waals surface area (Å²) in [4.78, 5) is 29.7. The molecule has 0 bridgehead atoms. The maximum Gasteiger partial charge on any atom is 0.230 e. The lowest BCUT2D eigenvalue weighted by atomic mass is 10.1. The second-order valence-corrected chi connectivity index (χ2v) is 8.30. The number of amides is 2. The van der Waals surface area contributed by atoms with Crippen LogP contribution < -0.4 is 20.1 Å². The molecule has 0 fully saturated rings. The Labute approximate surface area is 182 Å². The molecule has 31 heavy (non-hydrogen) atoms. The molecule has 2 heterocycles. The average molecular weight is 439 g/mol. The summed E-state index contributed by atoms with van der Waals surface area (Å²) < 4.78 is 10.3. The highest BCUT2D eigenvalue weighted by atomic mass is 32.1. The molecule has 2 amide bonds. The number of carbonyl (C=O) groups is 2. The summed E-state index contributed by atoms with van der Waals surface area (Å²) in [6.45, 7) is 1.94. The third-order valence-electron chi connectivity index (χ3n) is 4.95. The summed E-state index contributed by atoms with van der Waals surface area (Å²) >= 11 is 1.38. The van der Waals surface area contributed by atoms with E-state index in [0.29, 0.717) is 17.1 Å². The van der Waals surface area contributed by atoms with Crippen molar-refractivity contribution in [3.63, 3.8) is 0 Å². The van der Waals surface area contributed by atoms with Crippen LogP contribution in [-0.2, 0) is 22.4 Å². The van der Waals surface area contributed by atoms with Gasteiger partial charge in [-0.1, -0.05) is 6.07 Å². The fraction of sp³-hybridized carbons (Fsp3) is 0.227. The number of nitrogens with zero attached hydrogens (tertiary/aromatic N) is 1. The average Bonchev–Trinajstić information content (AvgIpc) is 3.29. The Morgan fingerprint density at radius 2 is 1.94 bits per heavy atom. The predicted octanol–water partition coefficient (Wildman–Crippen LogP) is 3.52. The molecule has 0 aliphatic carbocycles. The Morgan fingerprint density at radius 1 is 1.23 bits per heavy atom. The number of nitrogens with one attached hydrogen (secondary N) is 2. The van der Waals surface area contributed by atoms with Gasteiger partial charge in [0.2, 0.25) is 17.6 Å². The summed E-state index contributed by atoms with van der Waals surface area (Å²) in [5.74, 6) is 0.0928. The third-order valence-corrected chi connectivity index (χ3v) is 5.84. The van der Waals surface area contributed by atoms with Crippen LogP contribution in [0.25, 0.3) is 11.3 Å². The Bertz CT molecular complexity index is 1160. The molecular weight excluding hydrogens is 418 g/mol.